The summed E-state index contributed by atoms with van der Waals surface area (Å²) in [7, 11) is 0. The molecule has 1 amide bonds. The van der Waals surface area contributed by atoms with Crippen molar-refractivity contribution in [2.45, 2.75) is 46.1 Å². The quantitative estimate of drug-likeness (QED) is 0.755. The van der Waals surface area contributed by atoms with E-state index in [2.05, 4.69) is 32.3 Å². The maximum atomic E-state index is 12.3. The van der Waals surface area contributed by atoms with Crippen molar-refractivity contribution < 1.29 is 4.79 Å². The average molecular weight is 272 g/mol. The number of rotatable bonds is 5. The second-order valence-corrected chi connectivity index (χ2v) is 7.03. The van der Waals surface area contributed by atoms with E-state index < -0.39 is 0 Å². The molecular weight excluding hydrogens is 244 g/mol. The first-order chi connectivity index (χ1) is 8.41. The van der Waals surface area contributed by atoms with Crippen LogP contribution in [0, 0.1) is 17.3 Å². The summed E-state index contributed by atoms with van der Waals surface area (Å²) in [6.07, 6.45) is 5.03. The zero-order chi connectivity index (χ0) is 13.8. The SMILES string of the molecule is CSCCCNC(=O)C1CCC(N)C(C)C1(C)C. The van der Waals surface area contributed by atoms with E-state index >= 15 is 0 Å². The van der Waals surface area contributed by atoms with Gasteiger partial charge in [-0.3, -0.25) is 4.79 Å². The van der Waals surface area contributed by atoms with Crippen LogP contribution in [0.15, 0.2) is 0 Å². The Bertz CT molecular complexity index is 281. The van der Waals surface area contributed by atoms with E-state index in [9.17, 15) is 4.79 Å². The number of thioether (sulfide) groups is 1. The lowest BCUT2D eigenvalue weighted by molar-refractivity contribution is -0.132. The van der Waals surface area contributed by atoms with Gasteiger partial charge in [-0.25, -0.2) is 0 Å². The van der Waals surface area contributed by atoms with Crippen molar-refractivity contribution >= 4 is 17.7 Å². The summed E-state index contributed by atoms with van der Waals surface area (Å²) in [5, 5.41) is 3.09. The van der Waals surface area contributed by atoms with Gasteiger partial charge in [-0.1, -0.05) is 20.8 Å². The van der Waals surface area contributed by atoms with E-state index in [4.69, 9.17) is 5.73 Å². The number of hydrogen-bond acceptors (Lipinski definition) is 3. The number of nitrogens with two attached hydrogens (primary N) is 1. The number of amides is 1. The van der Waals surface area contributed by atoms with Crippen LogP contribution in [0.3, 0.4) is 0 Å². The molecule has 4 heteroatoms. The number of hydrogen-bond donors (Lipinski definition) is 2. The van der Waals surface area contributed by atoms with Crippen molar-refractivity contribution in [1.29, 1.82) is 0 Å². The minimum absolute atomic E-state index is 0.00125. The summed E-state index contributed by atoms with van der Waals surface area (Å²) < 4.78 is 0. The maximum Gasteiger partial charge on any atom is 0.223 e. The van der Waals surface area contributed by atoms with E-state index in [0.29, 0.717) is 5.92 Å². The Morgan fingerprint density at radius 2 is 2.11 bits per heavy atom. The van der Waals surface area contributed by atoms with Gasteiger partial charge < -0.3 is 11.1 Å². The molecule has 0 aromatic heterocycles. The van der Waals surface area contributed by atoms with Crippen molar-refractivity contribution in [3.8, 4) is 0 Å². The van der Waals surface area contributed by atoms with Gasteiger partial charge in [0, 0.05) is 18.5 Å². The van der Waals surface area contributed by atoms with Crippen molar-refractivity contribution in [2.75, 3.05) is 18.6 Å². The molecule has 3 nitrogen and oxygen atoms in total. The van der Waals surface area contributed by atoms with Crippen molar-refractivity contribution in [3.63, 3.8) is 0 Å². The first-order valence-electron chi connectivity index (χ1n) is 6.93. The smallest absolute Gasteiger partial charge is 0.223 e. The fraction of sp³-hybridized carbons (Fsp3) is 0.929. The van der Waals surface area contributed by atoms with Crippen LogP contribution >= 0.6 is 11.8 Å². The molecule has 0 aromatic carbocycles. The average Bonchev–Trinajstić information content (AvgIpc) is 2.31. The highest BCUT2D eigenvalue weighted by Gasteiger charge is 2.44. The number of carbonyl (C=O) groups is 1. The largest absolute Gasteiger partial charge is 0.356 e. The summed E-state index contributed by atoms with van der Waals surface area (Å²) in [6, 6.07) is 0.237. The molecule has 0 aliphatic heterocycles. The molecule has 1 aliphatic rings. The fourth-order valence-electron chi connectivity index (χ4n) is 2.87. The number of nitrogens with one attached hydrogen (secondary N) is 1. The van der Waals surface area contributed by atoms with Crippen molar-refractivity contribution in [2.24, 2.45) is 23.0 Å². The molecule has 1 fully saturated rings. The minimum Gasteiger partial charge on any atom is -0.356 e. The Hall–Kier alpha value is -0.220. The van der Waals surface area contributed by atoms with Crippen LogP contribution in [-0.4, -0.2) is 30.5 Å². The summed E-state index contributed by atoms with van der Waals surface area (Å²) in [5.41, 5.74) is 6.12. The molecule has 0 heterocycles. The zero-order valence-corrected chi connectivity index (χ0v) is 13.0. The molecule has 3 unspecified atom stereocenters. The molecule has 0 bridgehead atoms. The fourth-order valence-corrected chi connectivity index (χ4v) is 3.30. The van der Waals surface area contributed by atoms with Crippen LogP contribution in [0.4, 0.5) is 0 Å². The van der Waals surface area contributed by atoms with Crippen LogP contribution in [0.2, 0.25) is 0 Å². The van der Waals surface area contributed by atoms with Gasteiger partial charge in [-0.05, 0) is 42.6 Å². The topological polar surface area (TPSA) is 55.1 Å². The molecule has 0 radical (unpaired) electrons. The van der Waals surface area contributed by atoms with Gasteiger partial charge in [0.15, 0.2) is 0 Å². The Morgan fingerprint density at radius 1 is 1.44 bits per heavy atom. The molecule has 1 aliphatic carbocycles. The Balaban J connectivity index is 2.51. The second-order valence-electron chi connectivity index (χ2n) is 6.04. The van der Waals surface area contributed by atoms with Crippen LogP contribution in [-0.2, 0) is 4.79 Å². The summed E-state index contributed by atoms with van der Waals surface area (Å²) >= 11 is 1.82. The van der Waals surface area contributed by atoms with Crippen LogP contribution in [0.25, 0.3) is 0 Å². The highest BCUT2D eigenvalue weighted by molar-refractivity contribution is 7.98. The highest BCUT2D eigenvalue weighted by Crippen LogP contribution is 2.44. The summed E-state index contributed by atoms with van der Waals surface area (Å²) in [5.74, 6) is 1.84. The molecule has 18 heavy (non-hydrogen) atoms. The van der Waals surface area contributed by atoms with Crippen LogP contribution < -0.4 is 11.1 Å². The summed E-state index contributed by atoms with van der Waals surface area (Å²) in [4.78, 5) is 12.3. The normalized spacial score (nSPS) is 31.1. The standard InChI is InChI=1S/C14H28N2OS/c1-10-12(15)7-6-11(14(10,2)3)13(17)16-8-5-9-18-4/h10-12H,5-9,15H2,1-4H3,(H,16,17). The molecular formula is C14H28N2OS. The molecule has 0 saturated heterocycles. The third-order valence-electron chi connectivity index (χ3n) is 4.64. The van der Waals surface area contributed by atoms with E-state index in [1.807, 2.05) is 11.8 Å². The molecule has 3 atom stereocenters. The molecule has 3 N–H and O–H groups in total. The molecule has 1 saturated carbocycles. The van der Waals surface area contributed by atoms with Crippen molar-refractivity contribution in [1.82, 2.24) is 5.32 Å². The van der Waals surface area contributed by atoms with E-state index in [1.54, 1.807) is 0 Å². The summed E-state index contributed by atoms with van der Waals surface area (Å²) in [6.45, 7) is 7.34. The molecule has 0 spiro atoms. The Labute approximate surface area is 116 Å². The lowest BCUT2D eigenvalue weighted by Crippen LogP contribution is -2.51. The Morgan fingerprint density at radius 3 is 2.72 bits per heavy atom. The van der Waals surface area contributed by atoms with Crippen LogP contribution in [0.5, 0.6) is 0 Å². The van der Waals surface area contributed by atoms with Gasteiger partial charge >= 0.3 is 0 Å². The highest BCUT2D eigenvalue weighted by atomic mass is 32.2. The predicted molar refractivity (Wildman–Crippen MR) is 79.7 cm³/mol. The van der Waals surface area contributed by atoms with E-state index in [1.165, 1.54) is 0 Å². The van der Waals surface area contributed by atoms with Crippen molar-refractivity contribution in [3.05, 3.63) is 0 Å². The number of carbonyl (C=O) groups excluding carboxylic acids is 1. The Kier molecular flexibility index (Phi) is 5.99. The monoisotopic (exact) mass is 272 g/mol. The maximum absolute atomic E-state index is 12.3. The van der Waals surface area contributed by atoms with E-state index in [0.717, 1.165) is 31.6 Å². The van der Waals surface area contributed by atoms with Gasteiger partial charge in [0.05, 0.1) is 0 Å². The lowest BCUT2D eigenvalue weighted by atomic mass is 9.61. The third-order valence-corrected chi connectivity index (χ3v) is 5.34. The lowest BCUT2D eigenvalue weighted by Gasteiger charge is -2.46. The molecule has 106 valence electrons. The van der Waals surface area contributed by atoms with E-state index in [-0.39, 0.29) is 23.3 Å². The molecule has 1 rings (SSSR count). The van der Waals surface area contributed by atoms with Gasteiger partial charge in [0.25, 0.3) is 0 Å². The minimum atomic E-state index is 0.00125. The van der Waals surface area contributed by atoms with Gasteiger partial charge in [-0.2, -0.15) is 11.8 Å². The first-order valence-corrected chi connectivity index (χ1v) is 8.32. The van der Waals surface area contributed by atoms with Gasteiger partial charge in [-0.15, -0.1) is 0 Å². The first kappa shape index (κ1) is 15.8. The zero-order valence-electron chi connectivity index (χ0n) is 12.2. The molecule has 0 aromatic rings. The third kappa shape index (κ3) is 3.64. The predicted octanol–water partition coefficient (Wildman–Crippen LogP) is 2.26. The van der Waals surface area contributed by atoms with Gasteiger partial charge in [0.2, 0.25) is 5.91 Å². The van der Waals surface area contributed by atoms with Gasteiger partial charge in [0.1, 0.15) is 0 Å². The van der Waals surface area contributed by atoms with Crippen LogP contribution in [0.1, 0.15) is 40.0 Å². The second kappa shape index (κ2) is 6.80.